The van der Waals surface area contributed by atoms with Crippen molar-refractivity contribution < 1.29 is 13.2 Å². The molecule has 0 bridgehead atoms. The number of alkyl halides is 3. The van der Waals surface area contributed by atoms with Crippen molar-refractivity contribution in [2.75, 3.05) is 0 Å². The lowest BCUT2D eigenvalue weighted by Crippen LogP contribution is -2.04. The van der Waals surface area contributed by atoms with E-state index in [9.17, 15) is 13.2 Å². The summed E-state index contributed by atoms with van der Waals surface area (Å²) in [4.78, 5) is 7.96. The number of fused-ring (bicyclic) bond motifs is 2. The zero-order chi connectivity index (χ0) is 21.8. The number of nitrogens with zero attached hydrogens (tertiary/aromatic N) is 1. The van der Waals surface area contributed by atoms with Crippen LogP contribution >= 0.6 is 0 Å². The third-order valence-electron chi connectivity index (χ3n) is 5.81. The van der Waals surface area contributed by atoms with Crippen molar-refractivity contribution in [2.45, 2.75) is 20.0 Å². The molecule has 3 aromatic carbocycles. The van der Waals surface area contributed by atoms with Crippen LogP contribution in [-0.4, -0.2) is 11.2 Å². The van der Waals surface area contributed by atoms with Gasteiger partial charge in [0.05, 0.1) is 11.3 Å². The molecule has 2 nitrogen and oxygen atoms in total. The minimum Gasteiger partial charge on any atom is -0.360 e. The molecule has 0 saturated carbocycles. The summed E-state index contributed by atoms with van der Waals surface area (Å²) in [7, 11) is 0. The first-order valence-electron chi connectivity index (χ1n) is 9.97. The lowest BCUT2D eigenvalue weighted by Gasteiger charge is -2.14. The second-order valence-corrected chi connectivity index (χ2v) is 7.79. The molecule has 0 unspecified atom stereocenters. The van der Waals surface area contributed by atoms with E-state index in [0.717, 1.165) is 62.1 Å². The van der Waals surface area contributed by atoms with Crippen LogP contribution in [-0.2, 0) is 6.18 Å². The zero-order valence-corrected chi connectivity index (χ0v) is 17.0. The molecular weight excluding hydrogens is 397 g/mol. The molecule has 5 rings (SSSR count). The van der Waals surface area contributed by atoms with E-state index in [-0.39, 0.29) is 0 Å². The van der Waals surface area contributed by atoms with E-state index < -0.39 is 11.7 Å². The number of aromatic nitrogens is 1. The molecule has 0 aliphatic carbocycles. The number of nitrogens with one attached hydrogen (secondary N) is 1. The largest absolute Gasteiger partial charge is 0.416 e. The normalized spacial score (nSPS) is 14.9. The highest BCUT2D eigenvalue weighted by Crippen LogP contribution is 2.43. The Kier molecular flexibility index (Phi) is 4.36. The summed E-state index contributed by atoms with van der Waals surface area (Å²) < 4.78 is 39.5. The van der Waals surface area contributed by atoms with E-state index in [4.69, 9.17) is 0 Å². The van der Waals surface area contributed by atoms with Crippen LogP contribution in [0.15, 0.2) is 71.9 Å². The summed E-state index contributed by atoms with van der Waals surface area (Å²) in [5, 5.41) is 1.02. The van der Waals surface area contributed by atoms with Crippen LogP contribution in [0.25, 0.3) is 22.0 Å². The summed E-state index contributed by atoms with van der Waals surface area (Å²) in [6.45, 7) is 4.04. The van der Waals surface area contributed by atoms with Gasteiger partial charge in [-0.2, -0.15) is 13.2 Å². The summed E-state index contributed by atoms with van der Waals surface area (Å²) in [6, 6.07) is 17.4. The second kappa shape index (κ2) is 6.98. The van der Waals surface area contributed by atoms with Gasteiger partial charge in [0.25, 0.3) is 0 Å². The van der Waals surface area contributed by atoms with Crippen molar-refractivity contribution in [3.63, 3.8) is 0 Å². The number of benzene rings is 3. The van der Waals surface area contributed by atoms with E-state index in [1.165, 1.54) is 0 Å². The molecule has 0 spiro atoms. The monoisotopic (exact) mass is 416 g/mol. The Balaban J connectivity index is 1.80. The van der Waals surface area contributed by atoms with Crippen LogP contribution in [0.3, 0.4) is 0 Å². The van der Waals surface area contributed by atoms with E-state index in [1.807, 2.05) is 62.7 Å². The van der Waals surface area contributed by atoms with Gasteiger partial charge in [-0.05, 0) is 42.7 Å². The van der Waals surface area contributed by atoms with Crippen molar-refractivity contribution in [1.82, 2.24) is 4.98 Å². The number of hydrogen-bond donors (Lipinski definition) is 1. The van der Waals surface area contributed by atoms with Gasteiger partial charge in [-0.15, -0.1) is 0 Å². The maximum absolute atomic E-state index is 13.2. The van der Waals surface area contributed by atoms with Gasteiger partial charge < -0.3 is 4.98 Å². The number of para-hydroxylation sites is 2. The molecule has 1 aromatic heterocycles. The minimum absolute atomic E-state index is 0.660. The maximum atomic E-state index is 13.2. The molecule has 1 aliphatic rings. The van der Waals surface area contributed by atoms with Gasteiger partial charge in [-0.1, -0.05) is 48.5 Å². The number of H-pyrrole nitrogens is 1. The van der Waals surface area contributed by atoms with Crippen LogP contribution in [0.1, 0.15) is 33.4 Å². The van der Waals surface area contributed by atoms with Crippen molar-refractivity contribution in [2.24, 2.45) is 4.99 Å². The quantitative estimate of drug-likeness (QED) is 0.351. The molecule has 0 saturated heterocycles. The number of aromatic amines is 1. The van der Waals surface area contributed by atoms with E-state index >= 15 is 0 Å². The van der Waals surface area contributed by atoms with E-state index in [0.29, 0.717) is 5.56 Å². The lowest BCUT2D eigenvalue weighted by molar-refractivity contribution is -0.137. The molecule has 0 radical (unpaired) electrons. The zero-order valence-electron chi connectivity index (χ0n) is 17.0. The molecule has 0 fully saturated rings. The average Bonchev–Trinajstić information content (AvgIpc) is 3.35. The van der Waals surface area contributed by atoms with Crippen LogP contribution < -0.4 is 0 Å². The average molecular weight is 416 g/mol. The number of aryl methyl sites for hydroxylation is 2. The van der Waals surface area contributed by atoms with Crippen LogP contribution in [0.5, 0.6) is 0 Å². The first kappa shape index (κ1) is 19.4. The molecule has 5 heteroatoms. The van der Waals surface area contributed by atoms with Gasteiger partial charge in [0.1, 0.15) is 0 Å². The molecule has 0 amide bonds. The van der Waals surface area contributed by atoms with Gasteiger partial charge in [-0.3, -0.25) is 4.99 Å². The molecule has 2 heterocycles. The number of rotatable bonds is 2. The van der Waals surface area contributed by atoms with Gasteiger partial charge in [-0.25, -0.2) is 0 Å². The molecule has 154 valence electrons. The van der Waals surface area contributed by atoms with Crippen LogP contribution in [0.4, 0.5) is 18.9 Å². The molecule has 4 aromatic rings. The minimum atomic E-state index is -4.37. The highest BCUT2D eigenvalue weighted by molar-refractivity contribution is 6.28. The predicted octanol–water partition coefficient (Wildman–Crippen LogP) is 7.48. The summed E-state index contributed by atoms with van der Waals surface area (Å²) in [6.07, 6.45) is -0.624. The number of allylic oxidation sites excluding steroid dienone is 1. The number of halogens is 3. The molecule has 1 aliphatic heterocycles. The fourth-order valence-corrected chi connectivity index (χ4v) is 4.24. The Morgan fingerprint density at radius 1 is 0.871 bits per heavy atom. The highest BCUT2D eigenvalue weighted by Gasteiger charge is 2.30. The first-order valence-corrected chi connectivity index (χ1v) is 9.97. The topological polar surface area (TPSA) is 28.1 Å². The third-order valence-corrected chi connectivity index (χ3v) is 5.81. The van der Waals surface area contributed by atoms with Gasteiger partial charge in [0.2, 0.25) is 0 Å². The lowest BCUT2D eigenvalue weighted by atomic mass is 9.89. The first-order chi connectivity index (χ1) is 14.8. The van der Waals surface area contributed by atoms with Gasteiger partial charge in [0.15, 0.2) is 0 Å². The third kappa shape index (κ3) is 3.17. The highest BCUT2D eigenvalue weighted by atomic mass is 19.4. The van der Waals surface area contributed by atoms with Crippen LogP contribution in [0, 0.1) is 13.8 Å². The van der Waals surface area contributed by atoms with Gasteiger partial charge in [0, 0.05) is 45.6 Å². The summed E-state index contributed by atoms with van der Waals surface area (Å²) in [5.74, 6) is 0. The van der Waals surface area contributed by atoms with E-state index in [1.54, 1.807) is 12.1 Å². The van der Waals surface area contributed by atoms with E-state index in [2.05, 4.69) is 9.98 Å². The number of hydrogen-bond acceptors (Lipinski definition) is 1. The maximum Gasteiger partial charge on any atom is 0.416 e. The smallest absolute Gasteiger partial charge is 0.360 e. The fourth-order valence-electron chi connectivity index (χ4n) is 4.24. The summed E-state index contributed by atoms with van der Waals surface area (Å²) >= 11 is 0. The Hall–Kier alpha value is -3.60. The molecule has 31 heavy (non-hydrogen) atoms. The Morgan fingerprint density at radius 2 is 1.58 bits per heavy atom. The SMILES string of the molecule is Cc1cccc2c1N=CC2=C(c1ccc(C(F)(F)F)cc1)c1c[nH]c2c(C)cccc12. The molecular formula is C26H19F3N2. The Morgan fingerprint density at radius 3 is 2.32 bits per heavy atom. The Labute approximate surface area is 177 Å². The second-order valence-electron chi connectivity index (χ2n) is 7.79. The standard InChI is InChI=1S/C26H19F3N2/c1-15-5-3-7-19-21(13-30-24(15)19)23(17-9-11-18(12-10-17)26(27,28)29)22-14-31-25-16(2)6-4-8-20(22)25/h3-14,30H,1-2H3. The fraction of sp³-hybridized carbons (Fsp3) is 0.115. The summed E-state index contributed by atoms with van der Waals surface area (Å²) in [5.41, 5.74) is 7.82. The van der Waals surface area contributed by atoms with Crippen molar-refractivity contribution >= 4 is 34.0 Å². The molecule has 0 atom stereocenters. The Bertz CT molecular complexity index is 1370. The van der Waals surface area contributed by atoms with Crippen molar-refractivity contribution in [3.05, 3.63) is 100 Å². The molecule has 1 N–H and O–H groups in total. The van der Waals surface area contributed by atoms with Crippen LogP contribution in [0.2, 0.25) is 0 Å². The van der Waals surface area contributed by atoms with Crippen molar-refractivity contribution in [3.8, 4) is 0 Å². The van der Waals surface area contributed by atoms with Crippen molar-refractivity contribution in [1.29, 1.82) is 0 Å². The number of aliphatic imine (C=N–C) groups is 1. The predicted molar refractivity (Wildman–Crippen MR) is 120 cm³/mol. The van der Waals surface area contributed by atoms with Gasteiger partial charge >= 0.3 is 6.18 Å².